The number of hydrogen-bond donors (Lipinski definition) is 1. The molecule has 4 nitrogen and oxygen atoms in total. The van der Waals surface area contributed by atoms with Crippen molar-refractivity contribution in [3.8, 4) is 0 Å². The smallest absolute Gasteiger partial charge is 0.253 e. The van der Waals surface area contributed by atoms with E-state index < -0.39 is 0 Å². The Morgan fingerprint density at radius 2 is 1.76 bits per heavy atom. The zero-order valence-electron chi connectivity index (χ0n) is 15.5. The normalized spacial score (nSPS) is 23.4. The summed E-state index contributed by atoms with van der Waals surface area (Å²) in [6.45, 7) is 7.43. The lowest BCUT2D eigenvalue weighted by molar-refractivity contribution is 0.0760. The van der Waals surface area contributed by atoms with Crippen LogP contribution in [0.15, 0.2) is 24.3 Å². The lowest BCUT2D eigenvalue weighted by atomic mass is 9.97. The van der Waals surface area contributed by atoms with Gasteiger partial charge in [-0.1, -0.05) is 19.1 Å². The van der Waals surface area contributed by atoms with Crippen molar-refractivity contribution in [2.24, 2.45) is 11.8 Å². The molecule has 0 radical (unpaired) electrons. The first-order valence-corrected chi connectivity index (χ1v) is 9.87. The number of hydrogen-bond acceptors (Lipinski definition) is 3. The highest BCUT2D eigenvalue weighted by Gasteiger charge is 2.21. The number of likely N-dealkylation sites (tertiary alicyclic amines) is 2. The third kappa shape index (κ3) is 5.05. The number of rotatable bonds is 4. The molecule has 1 N–H and O–H groups in total. The lowest BCUT2D eigenvalue weighted by Crippen LogP contribution is -2.34. The van der Waals surface area contributed by atoms with Crippen LogP contribution in [0.4, 0.5) is 0 Å². The predicted octanol–water partition coefficient (Wildman–Crippen LogP) is 3.15. The maximum Gasteiger partial charge on any atom is 0.253 e. The van der Waals surface area contributed by atoms with E-state index in [-0.39, 0.29) is 5.91 Å². The molecule has 0 spiro atoms. The molecule has 1 aromatic rings. The standard InChI is InChI=1S/C21H32N2O2/c1-17-3-2-11-23(14-8-17)21(25)20-6-4-18(5-7-20)15-22-12-9-19(16-24)10-13-22/h4-7,17,19,24H,2-3,8-16H2,1H3. The van der Waals surface area contributed by atoms with Gasteiger partial charge in [0.25, 0.3) is 5.91 Å². The van der Waals surface area contributed by atoms with E-state index in [1.54, 1.807) is 0 Å². The van der Waals surface area contributed by atoms with Gasteiger partial charge in [0.1, 0.15) is 0 Å². The molecule has 2 saturated heterocycles. The largest absolute Gasteiger partial charge is 0.396 e. The number of aliphatic hydroxyl groups is 1. The molecule has 4 heteroatoms. The van der Waals surface area contributed by atoms with Gasteiger partial charge in [-0.05, 0) is 74.7 Å². The minimum atomic E-state index is 0.185. The molecule has 1 aromatic carbocycles. The fourth-order valence-electron chi connectivity index (χ4n) is 3.99. The van der Waals surface area contributed by atoms with Crippen LogP contribution in [0.3, 0.4) is 0 Å². The molecule has 1 amide bonds. The van der Waals surface area contributed by atoms with Crippen molar-refractivity contribution in [1.29, 1.82) is 0 Å². The lowest BCUT2D eigenvalue weighted by Gasteiger charge is -2.31. The van der Waals surface area contributed by atoms with Gasteiger partial charge in [-0.2, -0.15) is 0 Å². The molecule has 138 valence electrons. The second-order valence-corrected chi connectivity index (χ2v) is 7.93. The number of carbonyl (C=O) groups excluding carboxylic acids is 1. The van der Waals surface area contributed by atoms with Crippen molar-refractivity contribution >= 4 is 5.91 Å². The van der Waals surface area contributed by atoms with Gasteiger partial charge in [0.05, 0.1) is 0 Å². The zero-order chi connectivity index (χ0) is 17.6. The van der Waals surface area contributed by atoms with Crippen LogP contribution < -0.4 is 0 Å². The average molecular weight is 344 g/mol. The summed E-state index contributed by atoms with van der Waals surface area (Å²) >= 11 is 0. The SMILES string of the molecule is CC1CCCN(C(=O)c2ccc(CN3CCC(CO)CC3)cc2)CC1. The molecule has 1 atom stereocenters. The summed E-state index contributed by atoms with van der Waals surface area (Å²) in [5, 5.41) is 9.23. The van der Waals surface area contributed by atoms with Gasteiger partial charge >= 0.3 is 0 Å². The van der Waals surface area contributed by atoms with Gasteiger partial charge in [-0.25, -0.2) is 0 Å². The van der Waals surface area contributed by atoms with Crippen LogP contribution in [0.2, 0.25) is 0 Å². The molecule has 25 heavy (non-hydrogen) atoms. The third-order valence-electron chi connectivity index (χ3n) is 5.88. The fourth-order valence-corrected chi connectivity index (χ4v) is 3.99. The minimum absolute atomic E-state index is 0.185. The van der Waals surface area contributed by atoms with Crippen molar-refractivity contribution in [1.82, 2.24) is 9.80 Å². The quantitative estimate of drug-likeness (QED) is 0.912. The second-order valence-electron chi connectivity index (χ2n) is 7.93. The van der Waals surface area contributed by atoms with E-state index in [1.807, 2.05) is 17.0 Å². The highest BCUT2D eigenvalue weighted by molar-refractivity contribution is 5.94. The van der Waals surface area contributed by atoms with E-state index in [9.17, 15) is 9.90 Å². The number of piperidine rings is 1. The number of aliphatic hydroxyl groups excluding tert-OH is 1. The van der Waals surface area contributed by atoms with Gasteiger partial charge in [-0.3, -0.25) is 9.69 Å². The summed E-state index contributed by atoms with van der Waals surface area (Å²) in [7, 11) is 0. The van der Waals surface area contributed by atoms with E-state index in [1.165, 1.54) is 12.0 Å². The van der Waals surface area contributed by atoms with Crippen LogP contribution in [0.25, 0.3) is 0 Å². The topological polar surface area (TPSA) is 43.8 Å². The number of amides is 1. The van der Waals surface area contributed by atoms with Gasteiger partial charge in [0.2, 0.25) is 0 Å². The van der Waals surface area contributed by atoms with Crippen LogP contribution in [-0.2, 0) is 6.54 Å². The number of benzene rings is 1. The molecule has 2 heterocycles. The maximum absolute atomic E-state index is 12.7. The van der Waals surface area contributed by atoms with Gasteiger partial charge in [0.15, 0.2) is 0 Å². The minimum Gasteiger partial charge on any atom is -0.396 e. The van der Waals surface area contributed by atoms with Gasteiger partial charge < -0.3 is 10.0 Å². The van der Waals surface area contributed by atoms with Crippen molar-refractivity contribution in [2.75, 3.05) is 32.8 Å². The summed E-state index contributed by atoms with van der Waals surface area (Å²) in [5.74, 6) is 1.40. The molecule has 2 fully saturated rings. The Bertz CT molecular complexity index is 550. The van der Waals surface area contributed by atoms with E-state index in [0.717, 1.165) is 69.9 Å². The van der Waals surface area contributed by atoms with Crippen LogP contribution in [0.5, 0.6) is 0 Å². The summed E-state index contributed by atoms with van der Waals surface area (Å²) in [4.78, 5) is 17.2. The van der Waals surface area contributed by atoms with E-state index >= 15 is 0 Å². The van der Waals surface area contributed by atoms with E-state index in [0.29, 0.717) is 12.5 Å². The Morgan fingerprint density at radius 3 is 2.44 bits per heavy atom. The van der Waals surface area contributed by atoms with Crippen molar-refractivity contribution in [3.63, 3.8) is 0 Å². The van der Waals surface area contributed by atoms with Crippen LogP contribution in [-0.4, -0.2) is 53.6 Å². The number of carbonyl (C=O) groups is 1. The van der Waals surface area contributed by atoms with Gasteiger partial charge in [-0.15, -0.1) is 0 Å². The molecule has 3 rings (SSSR count). The summed E-state index contributed by atoms with van der Waals surface area (Å²) in [6, 6.07) is 8.19. The molecule has 0 aliphatic carbocycles. The second kappa shape index (κ2) is 8.81. The molecular formula is C21H32N2O2. The highest BCUT2D eigenvalue weighted by Crippen LogP contribution is 2.20. The molecule has 1 unspecified atom stereocenters. The molecule has 0 bridgehead atoms. The Balaban J connectivity index is 1.54. The summed E-state index contributed by atoms with van der Waals surface area (Å²) in [5.41, 5.74) is 2.08. The van der Waals surface area contributed by atoms with E-state index in [2.05, 4.69) is 24.0 Å². The Labute approximate surface area is 151 Å². The Morgan fingerprint density at radius 1 is 1.04 bits per heavy atom. The summed E-state index contributed by atoms with van der Waals surface area (Å²) < 4.78 is 0. The summed E-state index contributed by atoms with van der Waals surface area (Å²) in [6.07, 6.45) is 5.64. The van der Waals surface area contributed by atoms with Crippen molar-refractivity contribution in [2.45, 2.75) is 45.6 Å². The fraction of sp³-hybridized carbons (Fsp3) is 0.667. The molecule has 2 aliphatic heterocycles. The van der Waals surface area contributed by atoms with Crippen molar-refractivity contribution < 1.29 is 9.90 Å². The van der Waals surface area contributed by atoms with Crippen LogP contribution in [0, 0.1) is 11.8 Å². The molecule has 0 saturated carbocycles. The average Bonchev–Trinajstić information content (AvgIpc) is 2.87. The van der Waals surface area contributed by atoms with E-state index in [4.69, 9.17) is 0 Å². The zero-order valence-corrected chi connectivity index (χ0v) is 15.5. The first kappa shape index (κ1) is 18.4. The molecule has 2 aliphatic rings. The predicted molar refractivity (Wildman–Crippen MR) is 100 cm³/mol. The first-order valence-electron chi connectivity index (χ1n) is 9.87. The Kier molecular flexibility index (Phi) is 6.49. The molecule has 0 aromatic heterocycles. The third-order valence-corrected chi connectivity index (χ3v) is 5.88. The molecular weight excluding hydrogens is 312 g/mol. The van der Waals surface area contributed by atoms with Crippen molar-refractivity contribution in [3.05, 3.63) is 35.4 Å². The maximum atomic E-state index is 12.7. The highest BCUT2D eigenvalue weighted by atomic mass is 16.3. The Hall–Kier alpha value is -1.39. The number of nitrogens with zero attached hydrogens (tertiary/aromatic N) is 2. The van der Waals surface area contributed by atoms with Crippen LogP contribution >= 0.6 is 0 Å². The van der Waals surface area contributed by atoms with Gasteiger partial charge in [0, 0.05) is 31.8 Å². The monoisotopic (exact) mass is 344 g/mol. The van der Waals surface area contributed by atoms with Crippen LogP contribution in [0.1, 0.15) is 54.9 Å². The first-order chi connectivity index (χ1) is 12.2.